The van der Waals surface area contributed by atoms with Crippen molar-refractivity contribution in [3.63, 3.8) is 0 Å². The summed E-state index contributed by atoms with van der Waals surface area (Å²) in [5.74, 6) is 0.261. The molecule has 0 aliphatic heterocycles. The molecule has 2 N–H and O–H groups in total. The van der Waals surface area contributed by atoms with Gasteiger partial charge in [-0.3, -0.25) is 4.98 Å². The van der Waals surface area contributed by atoms with Crippen LogP contribution in [0.15, 0.2) is 49.1 Å². The van der Waals surface area contributed by atoms with E-state index < -0.39 is 0 Å². The number of hydrogen-bond donors (Lipinski definition) is 2. The monoisotopic (exact) mass is 262 g/mol. The number of rotatable bonds is 2. The summed E-state index contributed by atoms with van der Waals surface area (Å²) >= 11 is 0. The molecule has 98 valence electrons. The Morgan fingerprint density at radius 3 is 2.70 bits per heavy atom. The fourth-order valence-corrected chi connectivity index (χ4v) is 2.81. The van der Waals surface area contributed by atoms with Crippen LogP contribution in [0.25, 0.3) is 22.1 Å². The van der Waals surface area contributed by atoms with Crippen LogP contribution in [0.3, 0.4) is 0 Å². The molecule has 0 saturated carbocycles. The molecule has 4 aromatic heterocycles. The van der Waals surface area contributed by atoms with Crippen LogP contribution in [-0.4, -0.2) is 19.9 Å². The van der Waals surface area contributed by atoms with Gasteiger partial charge in [0.15, 0.2) is 0 Å². The largest absolute Gasteiger partial charge is 0.360 e. The van der Waals surface area contributed by atoms with Crippen LogP contribution < -0.4 is 0 Å². The Morgan fingerprint density at radius 2 is 1.75 bits per heavy atom. The molecule has 4 heteroatoms. The highest BCUT2D eigenvalue weighted by atomic mass is 14.8. The van der Waals surface area contributed by atoms with Crippen LogP contribution in [0, 0.1) is 0 Å². The third-order valence-electron chi connectivity index (χ3n) is 3.88. The third kappa shape index (κ3) is 1.54. The first kappa shape index (κ1) is 11.2. The zero-order chi connectivity index (χ0) is 13.5. The number of nitrogens with zero attached hydrogens (tertiary/aromatic N) is 2. The molecule has 0 aliphatic rings. The summed E-state index contributed by atoms with van der Waals surface area (Å²) in [6.07, 6.45) is 7.74. The van der Waals surface area contributed by atoms with E-state index in [2.05, 4.69) is 45.2 Å². The highest BCUT2D eigenvalue weighted by Gasteiger charge is 2.17. The van der Waals surface area contributed by atoms with Crippen molar-refractivity contribution in [2.45, 2.75) is 12.8 Å². The van der Waals surface area contributed by atoms with Gasteiger partial charge in [0.2, 0.25) is 0 Å². The second kappa shape index (κ2) is 4.20. The van der Waals surface area contributed by atoms with Crippen molar-refractivity contribution >= 4 is 22.1 Å². The first-order valence-corrected chi connectivity index (χ1v) is 6.68. The Bertz CT molecular complexity index is 813. The first-order valence-electron chi connectivity index (χ1n) is 6.68. The van der Waals surface area contributed by atoms with Gasteiger partial charge in [0.05, 0.1) is 11.0 Å². The summed E-state index contributed by atoms with van der Waals surface area (Å²) in [6.45, 7) is 2.20. The summed E-state index contributed by atoms with van der Waals surface area (Å²) in [5.41, 5.74) is 5.51. The second-order valence-electron chi connectivity index (χ2n) is 5.01. The molecule has 0 amide bonds. The molecule has 0 bridgehead atoms. The smallest absolute Gasteiger partial charge is 0.137 e. The van der Waals surface area contributed by atoms with Crippen molar-refractivity contribution in [1.82, 2.24) is 19.9 Å². The van der Waals surface area contributed by atoms with Crippen molar-refractivity contribution in [1.29, 1.82) is 0 Å². The zero-order valence-electron chi connectivity index (χ0n) is 11.1. The number of aromatic amines is 2. The minimum Gasteiger partial charge on any atom is -0.360 e. The first-order chi connectivity index (χ1) is 9.84. The van der Waals surface area contributed by atoms with Crippen LogP contribution in [0.5, 0.6) is 0 Å². The summed E-state index contributed by atoms with van der Waals surface area (Å²) in [5, 5.41) is 1.17. The van der Waals surface area contributed by atoms with Crippen molar-refractivity contribution in [2.75, 3.05) is 0 Å². The Morgan fingerprint density at radius 1 is 0.950 bits per heavy atom. The topological polar surface area (TPSA) is 57.4 Å². The third-order valence-corrected chi connectivity index (χ3v) is 3.88. The minimum absolute atomic E-state index is 0.261. The highest BCUT2D eigenvalue weighted by molar-refractivity contribution is 5.84. The standard InChI is InChI=1S/C16H14N4/c1-10(12-8-20-16-11(12)4-2-7-18-16)13-9-19-14-5-3-6-17-15(13)14/h2-10,19H,1H3,(H,18,20). The predicted octanol–water partition coefficient (Wildman–Crippen LogP) is 3.59. The van der Waals surface area contributed by atoms with Gasteiger partial charge in [0, 0.05) is 41.7 Å². The molecule has 0 spiro atoms. The predicted molar refractivity (Wildman–Crippen MR) is 79.7 cm³/mol. The van der Waals surface area contributed by atoms with Gasteiger partial charge in [-0.25, -0.2) is 4.98 Å². The van der Waals surface area contributed by atoms with E-state index in [-0.39, 0.29) is 5.92 Å². The highest BCUT2D eigenvalue weighted by Crippen LogP contribution is 2.32. The van der Waals surface area contributed by atoms with E-state index in [1.807, 2.05) is 24.5 Å². The Labute approximate surface area is 115 Å². The molecular formula is C16H14N4. The number of nitrogens with one attached hydrogen (secondary N) is 2. The lowest BCUT2D eigenvalue weighted by Gasteiger charge is -2.09. The maximum absolute atomic E-state index is 4.50. The number of aromatic nitrogens is 4. The molecular weight excluding hydrogens is 248 g/mol. The van der Waals surface area contributed by atoms with E-state index in [1.165, 1.54) is 16.5 Å². The van der Waals surface area contributed by atoms with Crippen molar-refractivity contribution in [3.05, 3.63) is 60.2 Å². The van der Waals surface area contributed by atoms with E-state index in [0.29, 0.717) is 0 Å². The van der Waals surface area contributed by atoms with Crippen molar-refractivity contribution in [2.24, 2.45) is 0 Å². The van der Waals surface area contributed by atoms with E-state index >= 15 is 0 Å². The van der Waals surface area contributed by atoms with Crippen LogP contribution in [-0.2, 0) is 0 Å². The van der Waals surface area contributed by atoms with Gasteiger partial charge in [-0.15, -0.1) is 0 Å². The quantitative estimate of drug-likeness (QED) is 0.580. The number of pyridine rings is 2. The SMILES string of the molecule is CC(c1c[nH]c2ncccc12)c1c[nH]c2cccnc12. The number of hydrogen-bond acceptors (Lipinski definition) is 2. The van der Waals surface area contributed by atoms with E-state index in [9.17, 15) is 0 Å². The fourth-order valence-electron chi connectivity index (χ4n) is 2.81. The molecule has 4 aromatic rings. The van der Waals surface area contributed by atoms with E-state index in [4.69, 9.17) is 0 Å². The number of fused-ring (bicyclic) bond motifs is 2. The van der Waals surface area contributed by atoms with Gasteiger partial charge in [-0.1, -0.05) is 6.92 Å². The normalized spacial score (nSPS) is 13.1. The molecule has 1 unspecified atom stereocenters. The number of H-pyrrole nitrogens is 2. The van der Waals surface area contributed by atoms with Gasteiger partial charge < -0.3 is 9.97 Å². The fraction of sp³-hybridized carbons (Fsp3) is 0.125. The molecule has 0 radical (unpaired) electrons. The molecule has 4 rings (SSSR count). The van der Waals surface area contributed by atoms with Gasteiger partial charge in [-0.05, 0) is 29.8 Å². The average molecular weight is 262 g/mol. The molecule has 0 aliphatic carbocycles. The van der Waals surface area contributed by atoms with E-state index in [0.717, 1.165) is 16.7 Å². The van der Waals surface area contributed by atoms with Crippen LogP contribution in [0.1, 0.15) is 24.0 Å². The van der Waals surface area contributed by atoms with Crippen molar-refractivity contribution < 1.29 is 0 Å². The van der Waals surface area contributed by atoms with E-state index in [1.54, 1.807) is 6.20 Å². The van der Waals surface area contributed by atoms with Gasteiger partial charge in [0.25, 0.3) is 0 Å². The molecule has 1 atom stereocenters. The lowest BCUT2D eigenvalue weighted by molar-refractivity contribution is 0.938. The molecule has 4 heterocycles. The summed E-state index contributed by atoms with van der Waals surface area (Å²) in [6, 6.07) is 8.07. The molecule has 0 saturated heterocycles. The average Bonchev–Trinajstić information content (AvgIpc) is 3.11. The van der Waals surface area contributed by atoms with Crippen molar-refractivity contribution in [3.8, 4) is 0 Å². The lowest BCUT2D eigenvalue weighted by atomic mass is 9.94. The van der Waals surface area contributed by atoms with Gasteiger partial charge in [-0.2, -0.15) is 0 Å². The summed E-state index contributed by atoms with van der Waals surface area (Å²) in [4.78, 5) is 15.4. The summed E-state index contributed by atoms with van der Waals surface area (Å²) < 4.78 is 0. The molecule has 0 fully saturated rings. The van der Waals surface area contributed by atoms with Gasteiger partial charge >= 0.3 is 0 Å². The zero-order valence-corrected chi connectivity index (χ0v) is 11.1. The van der Waals surface area contributed by atoms with Crippen LogP contribution in [0.4, 0.5) is 0 Å². The Hall–Kier alpha value is -2.62. The maximum atomic E-state index is 4.50. The second-order valence-corrected chi connectivity index (χ2v) is 5.01. The van der Waals surface area contributed by atoms with Gasteiger partial charge in [0.1, 0.15) is 5.65 Å². The van der Waals surface area contributed by atoms with Crippen LogP contribution >= 0.6 is 0 Å². The Kier molecular flexibility index (Phi) is 2.36. The summed E-state index contributed by atoms with van der Waals surface area (Å²) in [7, 11) is 0. The molecule has 0 aromatic carbocycles. The minimum atomic E-state index is 0.261. The molecule has 4 nitrogen and oxygen atoms in total. The maximum Gasteiger partial charge on any atom is 0.137 e. The lowest BCUT2D eigenvalue weighted by Crippen LogP contribution is -1.94. The Balaban J connectivity index is 1.90. The van der Waals surface area contributed by atoms with Crippen LogP contribution in [0.2, 0.25) is 0 Å². The molecule has 20 heavy (non-hydrogen) atoms.